The van der Waals surface area contributed by atoms with E-state index >= 15 is 0 Å². The Morgan fingerprint density at radius 1 is 1.07 bits per heavy atom. The smallest absolute Gasteiger partial charge is 0.242 e. The lowest BCUT2D eigenvalue weighted by atomic mass is 10.1. The quantitative estimate of drug-likeness (QED) is 0.565. The van der Waals surface area contributed by atoms with Gasteiger partial charge in [-0.2, -0.15) is 0 Å². The largest absolute Gasteiger partial charge is 0.354 e. The fourth-order valence-electron chi connectivity index (χ4n) is 2.82. The van der Waals surface area contributed by atoms with Gasteiger partial charge in [0.15, 0.2) is 0 Å². The van der Waals surface area contributed by atoms with Crippen molar-refractivity contribution >= 4 is 35.2 Å². The summed E-state index contributed by atoms with van der Waals surface area (Å²) < 4.78 is 0. The molecule has 0 heterocycles. The average Bonchev–Trinajstić information content (AvgIpc) is 2.72. The van der Waals surface area contributed by atoms with Crippen molar-refractivity contribution in [3.8, 4) is 0 Å². The molecule has 0 aliphatic heterocycles. The van der Waals surface area contributed by atoms with Crippen molar-refractivity contribution in [1.82, 2.24) is 10.2 Å². The molecule has 2 amide bonds. The fourth-order valence-corrected chi connectivity index (χ4v) is 3.75. The predicted octanol–water partition coefficient (Wildman–Crippen LogP) is 4.77. The standard InChI is InChI=1S/C22H27ClN2O2S/c1-3-14-24-22(27)20(4-2)25(15-17-10-12-18(23)13-11-17)21(26)16-28-19-8-6-5-7-9-19/h5-13,20H,3-4,14-16H2,1-2H3,(H,24,27)/t20-/m1/s1. The third-order valence-corrected chi connectivity index (χ3v) is 5.56. The lowest BCUT2D eigenvalue weighted by molar-refractivity contribution is -0.139. The summed E-state index contributed by atoms with van der Waals surface area (Å²) in [5.74, 6) is 0.133. The number of benzene rings is 2. The summed E-state index contributed by atoms with van der Waals surface area (Å²) in [5, 5.41) is 3.57. The van der Waals surface area contributed by atoms with Gasteiger partial charge in [-0.1, -0.05) is 55.8 Å². The Hall–Kier alpha value is -1.98. The Morgan fingerprint density at radius 2 is 1.75 bits per heavy atom. The van der Waals surface area contributed by atoms with E-state index in [4.69, 9.17) is 11.6 Å². The van der Waals surface area contributed by atoms with Gasteiger partial charge < -0.3 is 10.2 Å². The van der Waals surface area contributed by atoms with Gasteiger partial charge in [0.2, 0.25) is 11.8 Å². The average molecular weight is 419 g/mol. The van der Waals surface area contributed by atoms with Gasteiger partial charge in [-0.3, -0.25) is 9.59 Å². The molecule has 2 aromatic rings. The summed E-state index contributed by atoms with van der Waals surface area (Å²) >= 11 is 7.46. The molecule has 0 fully saturated rings. The van der Waals surface area contributed by atoms with Crippen molar-refractivity contribution in [2.24, 2.45) is 0 Å². The molecule has 1 N–H and O–H groups in total. The van der Waals surface area contributed by atoms with Gasteiger partial charge in [0.25, 0.3) is 0 Å². The highest BCUT2D eigenvalue weighted by Gasteiger charge is 2.28. The maximum absolute atomic E-state index is 13.1. The van der Waals surface area contributed by atoms with Gasteiger partial charge in [-0.25, -0.2) is 0 Å². The van der Waals surface area contributed by atoms with E-state index in [-0.39, 0.29) is 17.6 Å². The fraction of sp³-hybridized carbons (Fsp3) is 0.364. The summed E-state index contributed by atoms with van der Waals surface area (Å²) in [6.45, 7) is 4.93. The highest BCUT2D eigenvalue weighted by Crippen LogP contribution is 2.20. The van der Waals surface area contributed by atoms with Crippen LogP contribution in [0.5, 0.6) is 0 Å². The first kappa shape index (κ1) is 22.3. The Labute approximate surface area is 176 Å². The van der Waals surface area contributed by atoms with Crippen LogP contribution in [-0.2, 0) is 16.1 Å². The van der Waals surface area contributed by atoms with E-state index in [9.17, 15) is 9.59 Å². The minimum atomic E-state index is -0.494. The van der Waals surface area contributed by atoms with E-state index in [0.29, 0.717) is 24.5 Å². The van der Waals surface area contributed by atoms with Gasteiger partial charge in [-0.05, 0) is 42.7 Å². The van der Waals surface area contributed by atoms with Crippen LogP contribution in [0.3, 0.4) is 0 Å². The number of hydrogen-bond acceptors (Lipinski definition) is 3. The van der Waals surface area contributed by atoms with Crippen molar-refractivity contribution in [3.05, 3.63) is 65.2 Å². The molecule has 0 spiro atoms. The maximum atomic E-state index is 13.1. The van der Waals surface area contributed by atoms with Gasteiger partial charge in [0.1, 0.15) is 6.04 Å². The van der Waals surface area contributed by atoms with Crippen LogP contribution in [0.15, 0.2) is 59.5 Å². The summed E-state index contributed by atoms with van der Waals surface area (Å²) in [6.07, 6.45) is 1.42. The predicted molar refractivity (Wildman–Crippen MR) is 117 cm³/mol. The van der Waals surface area contributed by atoms with Crippen LogP contribution in [0.1, 0.15) is 32.3 Å². The minimum Gasteiger partial charge on any atom is -0.354 e. The van der Waals surface area contributed by atoms with Crippen molar-refractivity contribution < 1.29 is 9.59 Å². The minimum absolute atomic E-state index is 0.0534. The normalized spacial score (nSPS) is 11.7. The summed E-state index contributed by atoms with van der Waals surface area (Å²) in [7, 11) is 0. The molecule has 0 bridgehead atoms. The number of thioether (sulfide) groups is 1. The molecular formula is C22H27ClN2O2S. The van der Waals surface area contributed by atoms with Gasteiger partial charge in [0.05, 0.1) is 5.75 Å². The number of carbonyl (C=O) groups is 2. The highest BCUT2D eigenvalue weighted by molar-refractivity contribution is 8.00. The van der Waals surface area contributed by atoms with Crippen molar-refractivity contribution in [2.45, 2.75) is 44.2 Å². The van der Waals surface area contributed by atoms with Crippen molar-refractivity contribution in [1.29, 1.82) is 0 Å². The molecule has 28 heavy (non-hydrogen) atoms. The van der Waals surface area contributed by atoms with Gasteiger partial charge in [0, 0.05) is 23.0 Å². The summed E-state index contributed by atoms with van der Waals surface area (Å²) in [4.78, 5) is 28.4. The van der Waals surface area contributed by atoms with Crippen LogP contribution >= 0.6 is 23.4 Å². The molecular weight excluding hydrogens is 392 g/mol. The van der Waals surface area contributed by atoms with Crippen LogP contribution in [0.2, 0.25) is 5.02 Å². The van der Waals surface area contributed by atoms with Gasteiger partial charge in [-0.15, -0.1) is 11.8 Å². The molecule has 2 aromatic carbocycles. The first-order valence-electron chi connectivity index (χ1n) is 9.54. The summed E-state index contributed by atoms with van der Waals surface area (Å²) in [6, 6.07) is 16.7. The van der Waals surface area contributed by atoms with Crippen LogP contribution in [0.4, 0.5) is 0 Å². The van der Waals surface area contributed by atoms with Crippen LogP contribution in [0.25, 0.3) is 0 Å². The zero-order valence-electron chi connectivity index (χ0n) is 16.4. The Morgan fingerprint density at radius 3 is 2.36 bits per heavy atom. The lowest BCUT2D eigenvalue weighted by Gasteiger charge is -2.30. The molecule has 0 unspecified atom stereocenters. The molecule has 0 aromatic heterocycles. The molecule has 1 atom stereocenters. The number of nitrogens with zero attached hydrogens (tertiary/aromatic N) is 1. The molecule has 4 nitrogen and oxygen atoms in total. The maximum Gasteiger partial charge on any atom is 0.242 e. The number of amides is 2. The van der Waals surface area contributed by atoms with E-state index in [2.05, 4.69) is 5.32 Å². The Balaban J connectivity index is 2.16. The van der Waals surface area contributed by atoms with Gasteiger partial charge >= 0.3 is 0 Å². The third kappa shape index (κ3) is 6.88. The van der Waals surface area contributed by atoms with E-state index in [1.54, 1.807) is 17.0 Å². The third-order valence-electron chi connectivity index (χ3n) is 4.31. The number of carbonyl (C=O) groups excluding carboxylic acids is 2. The van der Waals surface area contributed by atoms with Crippen LogP contribution in [0, 0.1) is 0 Å². The number of halogens is 1. The van der Waals surface area contributed by atoms with E-state index in [1.807, 2.05) is 56.3 Å². The first-order valence-corrected chi connectivity index (χ1v) is 10.9. The second-order valence-electron chi connectivity index (χ2n) is 6.46. The molecule has 0 saturated carbocycles. The second-order valence-corrected chi connectivity index (χ2v) is 7.95. The topological polar surface area (TPSA) is 49.4 Å². The molecule has 2 rings (SSSR count). The van der Waals surface area contributed by atoms with E-state index in [0.717, 1.165) is 16.9 Å². The number of rotatable bonds is 10. The van der Waals surface area contributed by atoms with Crippen molar-refractivity contribution in [3.63, 3.8) is 0 Å². The lowest BCUT2D eigenvalue weighted by Crippen LogP contribution is -2.49. The SMILES string of the molecule is CCCNC(=O)[C@@H](CC)N(Cc1ccc(Cl)cc1)C(=O)CSc1ccccc1. The molecule has 0 aliphatic carbocycles. The van der Waals surface area contributed by atoms with E-state index < -0.39 is 6.04 Å². The Bertz CT molecular complexity index is 753. The van der Waals surface area contributed by atoms with E-state index in [1.165, 1.54) is 11.8 Å². The molecule has 150 valence electrons. The van der Waals surface area contributed by atoms with Crippen LogP contribution < -0.4 is 5.32 Å². The van der Waals surface area contributed by atoms with Crippen LogP contribution in [-0.4, -0.2) is 35.1 Å². The monoisotopic (exact) mass is 418 g/mol. The zero-order valence-corrected chi connectivity index (χ0v) is 17.9. The summed E-state index contributed by atoms with van der Waals surface area (Å²) in [5.41, 5.74) is 0.948. The highest BCUT2D eigenvalue weighted by atomic mass is 35.5. The number of hydrogen-bond donors (Lipinski definition) is 1. The first-order chi connectivity index (χ1) is 13.5. The zero-order chi connectivity index (χ0) is 20.4. The molecule has 6 heteroatoms. The molecule has 0 aliphatic rings. The second kappa shape index (κ2) is 11.8. The Kier molecular flexibility index (Phi) is 9.38. The molecule has 0 radical (unpaired) electrons. The van der Waals surface area contributed by atoms with Crippen molar-refractivity contribution in [2.75, 3.05) is 12.3 Å². The molecule has 0 saturated heterocycles. The number of nitrogens with one attached hydrogen (secondary N) is 1.